The van der Waals surface area contributed by atoms with Gasteiger partial charge in [0.25, 0.3) is 0 Å². The molecule has 2 aliphatic heterocycles. The number of aliphatic hydroxyl groups is 1. The van der Waals surface area contributed by atoms with Crippen molar-refractivity contribution >= 4 is 0 Å². The standard InChI is InChI=1S/C14H26O6/c1-8-10(18-13(2,3)15)9(7-16-6)17-12-11(8)19-14(4,5)20-12/h8-12,15H,7H2,1-6H3/t8-,9?,10+,11+,12+/m0/s1. The van der Waals surface area contributed by atoms with Crippen LogP contribution in [0, 0.1) is 5.92 Å². The average molecular weight is 290 g/mol. The lowest BCUT2D eigenvalue weighted by atomic mass is 9.90. The van der Waals surface area contributed by atoms with Crippen molar-refractivity contribution in [2.45, 2.75) is 70.8 Å². The number of hydrogen-bond acceptors (Lipinski definition) is 6. The molecule has 1 N–H and O–H groups in total. The minimum atomic E-state index is -1.24. The van der Waals surface area contributed by atoms with Crippen molar-refractivity contribution in [2.24, 2.45) is 5.92 Å². The Kier molecular flexibility index (Phi) is 4.45. The molecule has 2 rings (SSSR count). The SMILES string of the molecule is COCC1O[C@@H]2OC(C)(C)O[C@@H]2[C@@H](C)[C@H]1OC(C)(C)O. The van der Waals surface area contributed by atoms with E-state index in [1.807, 2.05) is 20.8 Å². The highest BCUT2D eigenvalue weighted by atomic mass is 16.8. The smallest absolute Gasteiger partial charge is 0.188 e. The van der Waals surface area contributed by atoms with Crippen molar-refractivity contribution in [1.29, 1.82) is 0 Å². The van der Waals surface area contributed by atoms with E-state index in [-0.39, 0.29) is 24.2 Å². The summed E-state index contributed by atoms with van der Waals surface area (Å²) in [6.07, 6.45) is -1.28. The Labute approximate surface area is 120 Å². The molecule has 2 saturated heterocycles. The van der Waals surface area contributed by atoms with Crippen molar-refractivity contribution in [1.82, 2.24) is 0 Å². The maximum atomic E-state index is 9.93. The summed E-state index contributed by atoms with van der Waals surface area (Å²) < 4.78 is 28.5. The second-order valence-corrected chi connectivity index (χ2v) is 6.49. The summed E-state index contributed by atoms with van der Waals surface area (Å²) in [6, 6.07) is 0. The lowest BCUT2D eigenvalue weighted by Crippen LogP contribution is -2.56. The van der Waals surface area contributed by atoms with E-state index in [1.54, 1.807) is 21.0 Å². The van der Waals surface area contributed by atoms with E-state index >= 15 is 0 Å². The molecule has 2 fully saturated rings. The van der Waals surface area contributed by atoms with Crippen LogP contribution in [-0.2, 0) is 23.7 Å². The zero-order valence-electron chi connectivity index (χ0n) is 13.1. The van der Waals surface area contributed by atoms with Gasteiger partial charge in [-0.15, -0.1) is 0 Å². The third kappa shape index (κ3) is 3.50. The number of ether oxygens (including phenoxy) is 5. The molecule has 118 valence electrons. The topological polar surface area (TPSA) is 66.4 Å². The first-order valence-electron chi connectivity index (χ1n) is 7.03. The van der Waals surface area contributed by atoms with Gasteiger partial charge in [0.1, 0.15) is 12.2 Å². The van der Waals surface area contributed by atoms with Crippen LogP contribution in [0.3, 0.4) is 0 Å². The van der Waals surface area contributed by atoms with E-state index < -0.39 is 17.9 Å². The normalized spacial score (nSPS) is 40.6. The Morgan fingerprint density at radius 1 is 1.25 bits per heavy atom. The van der Waals surface area contributed by atoms with Gasteiger partial charge in [-0.2, -0.15) is 0 Å². The van der Waals surface area contributed by atoms with Crippen LogP contribution in [0.25, 0.3) is 0 Å². The molecule has 0 saturated carbocycles. The summed E-state index contributed by atoms with van der Waals surface area (Å²) in [7, 11) is 1.61. The van der Waals surface area contributed by atoms with Gasteiger partial charge < -0.3 is 28.8 Å². The number of methoxy groups -OCH3 is 1. The second-order valence-electron chi connectivity index (χ2n) is 6.49. The second kappa shape index (κ2) is 5.51. The fourth-order valence-corrected chi connectivity index (χ4v) is 2.81. The highest BCUT2D eigenvalue weighted by molar-refractivity contribution is 4.93. The Morgan fingerprint density at radius 2 is 1.90 bits per heavy atom. The van der Waals surface area contributed by atoms with Gasteiger partial charge in [-0.1, -0.05) is 6.92 Å². The van der Waals surface area contributed by atoms with Gasteiger partial charge >= 0.3 is 0 Å². The fourth-order valence-electron chi connectivity index (χ4n) is 2.81. The van der Waals surface area contributed by atoms with Crippen LogP contribution in [0.5, 0.6) is 0 Å². The lowest BCUT2D eigenvalue weighted by molar-refractivity contribution is -0.300. The molecule has 0 bridgehead atoms. The van der Waals surface area contributed by atoms with Gasteiger partial charge in [-0.05, 0) is 27.7 Å². The van der Waals surface area contributed by atoms with Gasteiger partial charge in [0.2, 0.25) is 0 Å². The first-order chi connectivity index (χ1) is 9.13. The number of rotatable bonds is 4. The molecule has 0 aromatic rings. The van der Waals surface area contributed by atoms with E-state index in [9.17, 15) is 5.11 Å². The van der Waals surface area contributed by atoms with Crippen LogP contribution >= 0.6 is 0 Å². The van der Waals surface area contributed by atoms with Crippen LogP contribution in [0.2, 0.25) is 0 Å². The summed E-state index contributed by atoms with van der Waals surface area (Å²) >= 11 is 0. The first-order valence-corrected chi connectivity index (χ1v) is 7.03. The van der Waals surface area contributed by atoms with E-state index in [0.29, 0.717) is 6.61 Å². The predicted octanol–water partition coefficient (Wildman–Crippen LogP) is 1.26. The minimum Gasteiger partial charge on any atom is -0.382 e. The van der Waals surface area contributed by atoms with Crippen LogP contribution in [-0.4, -0.2) is 55.0 Å². The molecule has 0 aromatic carbocycles. The Balaban J connectivity index is 2.16. The lowest BCUT2D eigenvalue weighted by Gasteiger charge is -2.43. The molecule has 0 aromatic heterocycles. The van der Waals surface area contributed by atoms with Crippen molar-refractivity contribution in [3.63, 3.8) is 0 Å². The highest BCUT2D eigenvalue weighted by Crippen LogP contribution is 2.40. The largest absolute Gasteiger partial charge is 0.382 e. The Morgan fingerprint density at radius 3 is 2.45 bits per heavy atom. The molecule has 1 unspecified atom stereocenters. The van der Waals surface area contributed by atoms with Gasteiger partial charge in [0, 0.05) is 13.0 Å². The van der Waals surface area contributed by atoms with Gasteiger partial charge in [-0.25, -0.2) is 0 Å². The molecule has 6 nitrogen and oxygen atoms in total. The van der Waals surface area contributed by atoms with Crippen molar-refractivity contribution < 1.29 is 28.8 Å². The highest BCUT2D eigenvalue weighted by Gasteiger charge is 2.54. The van der Waals surface area contributed by atoms with Gasteiger partial charge in [0.15, 0.2) is 17.9 Å². The first kappa shape index (κ1) is 16.1. The Bertz CT molecular complexity index is 337. The van der Waals surface area contributed by atoms with Crippen molar-refractivity contribution in [3.05, 3.63) is 0 Å². The van der Waals surface area contributed by atoms with E-state index in [4.69, 9.17) is 23.7 Å². The zero-order chi connectivity index (χ0) is 15.1. The minimum absolute atomic E-state index is 0.0158. The maximum absolute atomic E-state index is 9.93. The summed E-state index contributed by atoms with van der Waals surface area (Å²) in [6.45, 7) is 9.32. The number of fused-ring (bicyclic) bond motifs is 1. The summed E-state index contributed by atoms with van der Waals surface area (Å²) in [5, 5.41) is 9.93. The molecule has 0 aliphatic carbocycles. The summed E-state index contributed by atoms with van der Waals surface area (Å²) in [5.41, 5.74) is 0. The van der Waals surface area contributed by atoms with Gasteiger partial charge in [-0.3, -0.25) is 0 Å². The monoisotopic (exact) mass is 290 g/mol. The van der Waals surface area contributed by atoms with Crippen LogP contribution in [0.1, 0.15) is 34.6 Å². The van der Waals surface area contributed by atoms with Crippen LogP contribution < -0.4 is 0 Å². The molecular weight excluding hydrogens is 264 g/mol. The molecule has 5 atom stereocenters. The van der Waals surface area contributed by atoms with Crippen molar-refractivity contribution in [3.8, 4) is 0 Å². The molecule has 2 aliphatic rings. The fraction of sp³-hybridized carbons (Fsp3) is 1.00. The van der Waals surface area contributed by atoms with Crippen LogP contribution in [0.4, 0.5) is 0 Å². The zero-order valence-corrected chi connectivity index (χ0v) is 13.1. The predicted molar refractivity (Wildman–Crippen MR) is 70.9 cm³/mol. The molecule has 2 heterocycles. The third-order valence-electron chi connectivity index (χ3n) is 3.56. The average Bonchev–Trinajstić information content (AvgIpc) is 2.58. The van der Waals surface area contributed by atoms with Crippen molar-refractivity contribution in [2.75, 3.05) is 13.7 Å². The quantitative estimate of drug-likeness (QED) is 0.786. The Hall–Kier alpha value is -0.240. The molecule has 0 amide bonds. The van der Waals surface area contributed by atoms with E-state index in [1.165, 1.54) is 0 Å². The molecule has 6 heteroatoms. The maximum Gasteiger partial charge on any atom is 0.188 e. The van der Waals surface area contributed by atoms with E-state index in [2.05, 4.69) is 0 Å². The molecule has 0 spiro atoms. The molecule has 20 heavy (non-hydrogen) atoms. The number of hydrogen-bond donors (Lipinski definition) is 1. The summed E-state index contributed by atoms with van der Waals surface area (Å²) in [5.74, 6) is -1.90. The summed E-state index contributed by atoms with van der Waals surface area (Å²) in [4.78, 5) is 0. The van der Waals surface area contributed by atoms with E-state index in [0.717, 1.165) is 0 Å². The van der Waals surface area contributed by atoms with Gasteiger partial charge in [0.05, 0.1) is 12.7 Å². The van der Waals surface area contributed by atoms with Crippen LogP contribution in [0.15, 0.2) is 0 Å². The third-order valence-corrected chi connectivity index (χ3v) is 3.56. The molecular formula is C14H26O6. The molecule has 0 radical (unpaired) electrons.